The molecule has 0 bridgehead atoms. The minimum Gasteiger partial charge on any atom is -0.340 e. The van der Waals surface area contributed by atoms with Crippen LogP contribution in [0.15, 0.2) is 71.4 Å². The van der Waals surface area contributed by atoms with Crippen molar-refractivity contribution in [2.45, 2.75) is 39.2 Å². The van der Waals surface area contributed by atoms with Crippen LogP contribution in [0.1, 0.15) is 32.6 Å². The minimum absolute atomic E-state index is 1.09. The Hall–Kier alpha value is -2.36. The van der Waals surface area contributed by atoms with Crippen molar-refractivity contribution < 1.29 is 0 Å². The number of hydrogen-bond donors (Lipinski definition) is 0. The largest absolute Gasteiger partial charge is 0.340 e. The molecule has 0 radical (unpaired) electrons. The van der Waals surface area contributed by atoms with Crippen LogP contribution in [0.3, 0.4) is 0 Å². The molecule has 0 aliphatic rings. The van der Waals surface area contributed by atoms with Gasteiger partial charge in [-0.15, -0.1) is 22.7 Å². The van der Waals surface area contributed by atoms with Crippen LogP contribution < -0.4 is 0 Å². The number of aromatic nitrogens is 1. The van der Waals surface area contributed by atoms with Crippen molar-refractivity contribution >= 4 is 44.5 Å². The van der Waals surface area contributed by atoms with E-state index in [0.29, 0.717) is 0 Å². The van der Waals surface area contributed by atoms with Gasteiger partial charge in [-0.05, 0) is 64.7 Å². The normalized spacial score (nSPS) is 11.6. The molecule has 0 N–H and O–H groups in total. The molecule has 0 atom stereocenters. The summed E-state index contributed by atoms with van der Waals surface area (Å²) in [4.78, 5) is 2.68. The maximum absolute atomic E-state index is 2.54. The number of hydrogen-bond acceptors (Lipinski definition) is 2. The standard InChI is InChI=1S/C26H25NS2/c1-2-3-4-5-14-27-23-12-10-19(25-8-6-15-28-25)17-21(23)22-18-20(11-13-24(22)27)26-9-7-16-29-26/h6-13,15-18H,2-5,14H2,1H3. The fourth-order valence-corrected chi connectivity index (χ4v) is 5.68. The summed E-state index contributed by atoms with van der Waals surface area (Å²) in [5.41, 5.74) is 5.36. The third-order valence-corrected chi connectivity index (χ3v) is 7.55. The van der Waals surface area contributed by atoms with Crippen LogP contribution in [0.25, 0.3) is 42.7 Å². The molecule has 5 rings (SSSR count). The third kappa shape index (κ3) is 3.54. The second-order valence-corrected chi connectivity index (χ2v) is 9.53. The van der Waals surface area contributed by atoms with Crippen LogP contribution in [0.2, 0.25) is 0 Å². The van der Waals surface area contributed by atoms with E-state index in [2.05, 4.69) is 82.9 Å². The van der Waals surface area contributed by atoms with Crippen molar-refractivity contribution in [2.75, 3.05) is 0 Å². The molecule has 0 fully saturated rings. The zero-order valence-corrected chi connectivity index (χ0v) is 18.4. The van der Waals surface area contributed by atoms with E-state index in [0.717, 1.165) is 6.54 Å². The first kappa shape index (κ1) is 18.7. The highest BCUT2D eigenvalue weighted by Gasteiger charge is 2.13. The van der Waals surface area contributed by atoms with Crippen molar-refractivity contribution in [1.82, 2.24) is 4.57 Å². The van der Waals surface area contributed by atoms with Gasteiger partial charge in [-0.1, -0.05) is 50.5 Å². The Balaban J connectivity index is 1.67. The fourth-order valence-electron chi connectivity index (χ4n) is 4.23. The SMILES string of the molecule is CCCCCCn1c2ccc(-c3cccs3)cc2c2cc(-c3cccs3)ccc21. The van der Waals surface area contributed by atoms with E-state index >= 15 is 0 Å². The highest BCUT2D eigenvalue weighted by atomic mass is 32.1. The molecule has 0 aliphatic carbocycles. The Bertz CT molecular complexity index is 1140. The maximum atomic E-state index is 2.54. The molecule has 0 spiro atoms. The van der Waals surface area contributed by atoms with Gasteiger partial charge in [0.2, 0.25) is 0 Å². The quantitative estimate of drug-likeness (QED) is 0.234. The minimum atomic E-state index is 1.09. The van der Waals surface area contributed by atoms with Crippen molar-refractivity contribution in [1.29, 1.82) is 0 Å². The average molecular weight is 416 g/mol. The summed E-state index contributed by atoms with van der Waals surface area (Å²) in [6, 6.07) is 22.7. The van der Waals surface area contributed by atoms with Crippen LogP contribution in [0.5, 0.6) is 0 Å². The van der Waals surface area contributed by atoms with Crippen LogP contribution in [-0.4, -0.2) is 4.57 Å². The zero-order chi connectivity index (χ0) is 19.6. The molecule has 1 nitrogen and oxygen atoms in total. The van der Waals surface area contributed by atoms with Crippen LogP contribution in [0.4, 0.5) is 0 Å². The van der Waals surface area contributed by atoms with Gasteiger partial charge in [-0.3, -0.25) is 0 Å². The van der Waals surface area contributed by atoms with Crippen molar-refractivity contribution in [2.24, 2.45) is 0 Å². The Morgan fingerprint density at radius 3 is 1.76 bits per heavy atom. The predicted octanol–water partition coefficient (Wildman–Crippen LogP) is 8.83. The van der Waals surface area contributed by atoms with E-state index in [9.17, 15) is 0 Å². The van der Waals surface area contributed by atoms with Gasteiger partial charge < -0.3 is 4.57 Å². The highest BCUT2D eigenvalue weighted by molar-refractivity contribution is 7.13. The molecule has 146 valence electrons. The lowest BCUT2D eigenvalue weighted by molar-refractivity contribution is 0.602. The summed E-state index contributed by atoms with van der Waals surface area (Å²) in [6.07, 6.45) is 5.15. The van der Waals surface area contributed by atoms with E-state index in [1.54, 1.807) is 0 Å². The molecular formula is C26H25NS2. The summed E-state index contributed by atoms with van der Waals surface area (Å²) < 4.78 is 2.54. The molecule has 0 amide bonds. The summed E-state index contributed by atoms with van der Waals surface area (Å²) in [7, 11) is 0. The Labute approximate surface area is 180 Å². The second kappa shape index (κ2) is 8.17. The van der Waals surface area contributed by atoms with Crippen molar-refractivity contribution in [3.63, 3.8) is 0 Å². The van der Waals surface area contributed by atoms with Gasteiger partial charge in [0.25, 0.3) is 0 Å². The molecule has 5 aromatic rings. The van der Waals surface area contributed by atoms with Crippen molar-refractivity contribution in [3.8, 4) is 20.9 Å². The second-order valence-electron chi connectivity index (χ2n) is 7.63. The molecule has 0 unspecified atom stereocenters. The predicted molar refractivity (Wildman–Crippen MR) is 130 cm³/mol. The summed E-state index contributed by atoms with van der Waals surface area (Å²) >= 11 is 3.62. The van der Waals surface area contributed by atoms with E-state index in [-0.39, 0.29) is 0 Å². The molecule has 29 heavy (non-hydrogen) atoms. The number of unbranched alkanes of at least 4 members (excludes halogenated alkanes) is 3. The van der Waals surface area contributed by atoms with Gasteiger partial charge in [0, 0.05) is 38.1 Å². The molecule has 2 aromatic carbocycles. The number of aryl methyl sites for hydroxylation is 1. The van der Waals surface area contributed by atoms with E-state index < -0.39 is 0 Å². The molecule has 3 aromatic heterocycles. The smallest absolute Gasteiger partial charge is 0.0491 e. The maximum Gasteiger partial charge on any atom is 0.0491 e. The Kier molecular flexibility index (Phi) is 5.26. The van der Waals surface area contributed by atoms with Gasteiger partial charge in [0.1, 0.15) is 0 Å². The first-order valence-corrected chi connectivity index (χ1v) is 12.2. The monoisotopic (exact) mass is 415 g/mol. The number of nitrogens with zero attached hydrogens (tertiary/aromatic N) is 1. The molecule has 3 heterocycles. The van der Waals surface area contributed by atoms with Gasteiger partial charge >= 0.3 is 0 Å². The Morgan fingerprint density at radius 1 is 0.690 bits per heavy atom. The molecule has 0 saturated heterocycles. The molecular weight excluding hydrogens is 390 g/mol. The van der Waals surface area contributed by atoms with Gasteiger partial charge in [-0.25, -0.2) is 0 Å². The van der Waals surface area contributed by atoms with Gasteiger partial charge in [0.15, 0.2) is 0 Å². The van der Waals surface area contributed by atoms with E-state index in [1.807, 2.05) is 22.7 Å². The molecule has 0 aliphatic heterocycles. The fraction of sp³-hybridized carbons (Fsp3) is 0.231. The zero-order valence-electron chi connectivity index (χ0n) is 16.7. The molecule has 0 saturated carbocycles. The lowest BCUT2D eigenvalue weighted by Gasteiger charge is -2.08. The molecule has 3 heteroatoms. The average Bonchev–Trinajstić information content (AvgIpc) is 3.52. The number of benzene rings is 2. The number of fused-ring (bicyclic) bond motifs is 3. The van der Waals surface area contributed by atoms with Crippen molar-refractivity contribution in [3.05, 3.63) is 71.4 Å². The van der Waals surface area contributed by atoms with Crippen LogP contribution in [-0.2, 0) is 6.54 Å². The van der Waals surface area contributed by atoms with E-state index in [4.69, 9.17) is 0 Å². The summed E-state index contributed by atoms with van der Waals surface area (Å²) in [5, 5.41) is 7.07. The summed E-state index contributed by atoms with van der Waals surface area (Å²) in [6.45, 7) is 3.37. The lowest BCUT2D eigenvalue weighted by Crippen LogP contribution is -1.97. The van der Waals surface area contributed by atoms with Crippen LogP contribution in [0, 0.1) is 0 Å². The Morgan fingerprint density at radius 2 is 1.28 bits per heavy atom. The topological polar surface area (TPSA) is 4.93 Å². The van der Waals surface area contributed by atoms with Gasteiger partial charge in [0.05, 0.1) is 0 Å². The lowest BCUT2D eigenvalue weighted by atomic mass is 10.1. The van der Waals surface area contributed by atoms with Crippen LogP contribution >= 0.6 is 22.7 Å². The third-order valence-electron chi connectivity index (χ3n) is 5.71. The highest BCUT2D eigenvalue weighted by Crippen LogP contribution is 2.37. The first-order valence-electron chi connectivity index (χ1n) is 10.5. The number of thiophene rings is 2. The number of rotatable bonds is 7. The van der Waals surface area contributed by atoms with Gasteiger partial charge in [-0.2, -0.15) is 0 Å². The van der Waals surface area contributed by atoms with E-state index in [1.165, 1.54) is 68.4 Å². The first-order chi connectivity index (χ1) is 14.3. The summed E-state index contributed by atoms with van der Waals surface area (Å²) in [5.74, 6) is 0.